The van der Waals surface area contributed by atoms with Crippen molar-refractivity contribution < 1.29 is 14.4 Å². The number of piperazine rings is 1. The lowest BCUT2D eigenvalue weighted by Gasteiger charge is -2.40. The molecule has 0 atom stereocenters. The predicted octanol–water partition coefficient (Wildman–Crippen LogP) is 0.454. The molecular weight excluding hydrogens is 258 g/mol. The smallest absolute Gasteiger partial charge is 0.255 e. The molecule has 106 valence electrons. The molecule has 1 aliphatic heterocycles. The molecule has 1 aliphatic rings. The number of carbonyl (C=O) groups is 3. The van der Waals surface area contributed by atoms with Gasteiger partial charge in [0.1, 0.15) is 12.1 Å². The summed E-state index contributed by atoms with van der Waals surface area (Å²) in [5.41, 5.74) is 6.23. The number of nitrogens with two attached hydrogens (primary N) is 1. The molecule has 3 N–H and O–H groups in total. The lowest BCUT2D eigenvalue weighted by molar-refractivity contribution is -0.143. The first-order valence-electron chi connectivity index (χ1n) is 6.26. The van der Waals surface area contributed by atoms with E-state index in [9.17, 15) is 14.4 Å². The first-order valence-corrected chi connectivity index (χ1v) is 6.26. The van der Waals surface area contributed by atoms with Crippen LogP contribution in [0.5, 0.6) is 0 Å². The van der Waals surface area contributed by atoms with E-state index in [1.807, 2.05) is 0 Å². The molecule has 20 heavy (non-hydrogen) atoms. The number of imide groups is 1. The molecule has 0 radical (unpaired) electrons. The van der Waals surface area contributed by atoms with Gasteiger partial charge in [-0.3, -0.25) is 19.7 Å². The van der Waals surface area contributed by atoms with E-state index in [0.29, 0.717) is 11.3 Å². The monoisotopic (exact) mass is 275 g/mol. The van der Waals surface area contributed by atoms with Crippen molar-refractivity contribution in [3.8, 4) is 0 Å². The van der Waals surface area contributed by atoms with E-state index >= 15 is 0 Å². The average molecular weight is 275 g/mol. The fourth-order valence-electron chi connectivity index (χ4n) is 2.12. The van der Waals surface area contributed by atoms with Gasteiger partial charge in [-0.1, -0.05) is 6.07 Å². The molecule has 1 aromatic carbocycles. The SMILES string of the molecule is Cc1ccc(N)cc1C(=O)N1CC(=O)NC(=O)C1(C)C. The lowest BCUT2D eigenvalue weighted by atomic mass is 9.96. The molecule has 0 unspecified atom stereocenters. The number of hydrogen-bond acceptors (Lipinski definition) is 4. The number of aryl methyl sites for hydroxylation is 1. The van der Waals surface area contributed by atoms with Gasteiger partial charge in [0.05, 0.1) is 0 Å². The molecule has 6 nitrogen and oxygen atoms in total. The summed E-state index contributed by atoms with van der Waals surface area (Å²) in [5, 5.41) is 2.24. The van der Waals surface area contributed by atoms with Gasteiger partial charge < -0.3 is 10.6 Å². The van der Waals surface area contributed by atoms with Crippen molar-refractivity contribution in [1.29, 1.82) is 0 Å². The lowest BCUT2D eigenvalue weighted by Crippen LogP contribution is -2.65. The van der Waals surface area contributed by atoms with Crippen LogP contribution in [-0.4, -0.2) is 34.7 Å². The predicted molar refractivity (Wildman–Crippen MR) is 73.9 cm³/mol. The van der Waals surface area contributed by atoms with Crippen LogP contribution in [0.2, 0.25) is 0 Å². The zero-order valence-electron chi connectivity index (χ0n) is 11.7. The number of anilines is 1. The van der Waals surface area contributed by atoms with E-state index in [2.05, 4.69) is 5.32 Å². The highest BCUT2D eigenvalue weighted by Gasteiger charge is 2.43. The number of nitrogens with one attached hydrogen (secondary N) is 1. The minimum Gasteiger partial charge on any atom is -0.399 e. The highest BCUT2D eigenvalue weighted by atomic mass is 16.2. The third-order valence-corrected chi connectivity index (χ3v) is 3.52. The van der Waals surface area contributed by atoms with E-state index in [1.54, 1.807) is 39.0 Å². The van der Waals surface area contributed by atoms with Crippen LogP contribution in [0.25, 0.3) is 0 Å². The van der Waals surface area contributed by atoms with Crippen LogP contribution in [0, 0.1) is 6.92 Å². The van der Waals surface area contributed by atoms with Crippen molar-refractivity contribution in [2.24, 2.45) is 0 Å². The number of nitrogen functional groups attached to an aromatic ring is 1. The fraction of sp³-hybridized carbons (Fsp3) is 0.357. The minimum absolute atomic E-state index is 0.147. The Labute approximate surface area is 116 Å². The van der Waals surface area contributed by atoms with Gasteiger partial charge in [0.2, 0.25) is 5.91 Å². The summed E-state index contributed by atoms with van der Waals surface area (Å²) < 4.78 is 0. The third kappa shape index (κ3) is 2.24. The summed E-state index contributed by atoms with van der Waals surface area (Å²) >= 11 is 0. The fourth-order valence-corrected chi connectivity index (χ4v) is 2.12. The van der Waals surface area contributed by atoms with Gasteiger partial charge in [0.15, 0.2) is 0 Å². The van der Waals surface area contributed by atoms with Crippen molar-refractivity contribution in [3.63, 3.8) is 0 Å². The van der Waals surface area contributed by atoms with E-state index in [4.69, 9.17) is 5.73 Å². The molecule has 1 fully saturated rings. The highest BCUT2D eigenvalue weighted by molar-refractivity contribution is 6.09. The Morgan fingerprint density at radius 2 is 2.00 bits per heavy atom. The molecule has 1 heterocycles. The molecular formula is C14H17N3O3. The first kappa shape index (κ1) is 14.0. The molecule has 1 aromatic rings. The number of nitrogens with zero attached hydrogens (tertiary/aromatic N) is 1. The first-order chi connectivity index (χ1) is 9.23. The number of carbonyl (C=O) groups excluding carboxylic acids is 3. The van der Waals surface area contributed by atoms with Crippen LogP contribution < -0.4 is 11.1 Å². The Bertz CT molecular complexity index is 608. The Morgan fingerprint density at radius 3 is 2.65 bits per heavy atom. The normalized spacial score (nSPS) is 17.9. The summed E-state index contributed by atoms with van der Waals surface area (Å²) in [6, 6.07) is 5.00. The Balaban J connectivity index is 2.43. The van der Waals surface area contributed by atoms with E-state index in [1.165, 1.54) is 4.90 Å². The standard InChI is InChI=1S/C14H17N3O3/c1-8-4-5-9(15)6-10(8)12(19)17-7-11(18)16-13(20)14(17,2)3/h4-6H,7,15H2,1-3H3,(H,16,18,20). The molecule has 0 spiro atoms. The summed E-state index contributed by atoms with van der Waals surface area (Å²) in [7, 11) is 0. The van der Waals surface area contributed by atoms with Crippen LogP contribution in [-0.2, 0) is 9.59 Å². The van der Waals surface area contributed by atoms with Gasteiger partial charge in [-0.15, -0.1) is 0 Å². The molecule has 0 saturated carbocycles. The van der Waals surface area contributed by atoms with Gasteiger partial charge in [-0.2, -0.15) is 0 Å². The topological polar surface area (TPSA) is 92.5 Å². The van der Waals surface area contributed by atoms with Gasteiger partial charge in [-0.25, -0.2) is 0 Å². The number of amides is 3. The largest absolute Gasteiger partial charge is 0.399 e. The van der Waals surface area contributed by atoms with Crippen molar-refractivity contribution in [2.45, 2.75) is 26.3 Å². The van der Waals surface area contributed by atoms with E-state index < -0.39 is 17.4 Å². The maximum Gasteiger partial charge on any atom is 0.255 e. The summed E-state index contributed by atoms with van der Waals surface area (Å²) in [5.74, 6) is -1.34. The van der Waals surface area contributed by atoms with Crippen molar-refractivity contribution in [2.75, 3.05) is 12.3 Å². The molecule has 3 amide bonds. The Kier molecular flexibility index (Phi) is 3.25. The number of rotatable bonds is 1. The second kappa shape index (κ2) is 4.63. The highest BCUT2D eigenvalue weighted by Crippen LogP contribution is 2.23. The Morgan fingerprint density at radius 1 is 1.35 bits per heavy atom. The molecule has 0 aliphatic carbocycles. The molecule has 6 heteroatoms. The number of benzene rings is 1. The van der Waals surface area contributed by atoms with E-state index in [0.717, 1.165) is 5.56 Å². The van der Waals surface area contributed by atoms with Gasteiger partial charge in [0, 0.05) is 11.3 Å². The summed E-state index contributed by atoms with van der Waals surface area (Å²) in [4.78, 5) is 37.3. The second-order valence-corrected chi connectivity index (χ2v) is 5.40. The maximum atomic E-state index is 12.6. The zero-order chi connectivity index (χ0) is 15.1. The average Bonchev–Trinajstić information content (AvgIpc) is 2.36. The van der Waals surface area contributed by atoms with Crippen LogP contribution in [0.1, 0.15) is 29.8 Å². The van der Waals surface area contributed by atoms with Crippen LogP contribution >= 0.6 is 0 Å². The van der Waals surface area contributed by atoms with Crippen LogP contribution in [0.3, 0.4) is 0 Å². The maximum absolute atomic E-state index is 12.6. The van der Waals surface area contributed by atoms with Gasteiger partial charge >= 0.3 is 0 Å². The zero-order valence-corrected chi connectivity index (χ0v) is 11.7. The van der Waals surface area contributed by atoms with Gasteiger partial charge in [0.25, 0.3) is 11.8 Å². The Hall–Kier alpha value is -2.37. The number of hydrogen-bond donors (Lipinski definition) is 2. The molecule has 2 rings (SSSR count). The third-order valence-electron chi connectivity index (χ3n) is 3.52. The second-order valence-electron chi connectivity index (χ2n) is 5.40. The van der Waals surface area contributed by atoms with Crippen molar-refractivity contribution >= 4 is 23.4 Å². The van der Waals surface area contributed by atoms with E-state index in [-0.39, 0.29) is 12.5 Å². The summed E-state index contributed by atoms with van der Waals surface area (Å²) in [6.07, 6.45) is 0. The van der Waals surface area contributed by atoms with Gasteiger partial charge in [-0.05, 0) is 38.5 Å². The van der Waals surface area contributed by atoms with Crippen LogP contribution in [0.4, 0.5) is 5.69 Å². The summed E-state index contributed by atoms with van der Waals surface area (Å²) in [6.45, 7) is 4.85. The minimum atomic E-state index is -1.08. The quantitative estimate of drug-likeness (QED) is 0.575. The molecule has 0 bridgehead atoms. The molecule has 1 saturated heterocycles. The van der Waals surface area contributed by atoms with Crippen molar-refractivity contribution in [3.05, 3.63) is 29.3 Å². The molecule has 0 aromatic heterocycles. The van der Waals surface area contributed by atoms with Crippen molar-refractivity contribution in [1.82, 2.24) is 10.2 Å². The van der Waals surface area contributed by atoms with Crippen LogP contribution in [0.15, 0.2) is 18.2 Å².